The molecule has 0 spiro atoms. The maximum Gasteiger partial charge on any atom is 0.248 e. The van der Waals surface area contributed by atoms with Gasteiger partial charge in [-0.15, -0.1) is 0 Å². The van der Waals surface area contributed by atoms with Crippen molar-refractivity contribution >= 4 is 22.6 Å². The lowest BCUT2D eigenvalue weighted by molar-refractivity contribution is 0.629. The zero-order valence-corrected chi connectivity index (χ0v) is 9.79. The van der Waals surface area contributed by atoms with Gasteiger partial charge in [0.15, 0.2) is 0 Å². The summed E-state index contributed by atoms with van der Waals surface area (Å²) in [7, 11) is 0. The van der Waals surface area contributed by atoms with Crippen LogP contribution in [0.5, 0.6) is 0 Å². The van der Waals surface area contributed by atoms with E-state index in [4.69, 9.17) is 0 Å². The molecule has 1 heterocycles. The van der Waals surface area contributed by atoms with Gasteiger partial charge in [-0.1, -0.05) is 6.07 Å². The fraction of sp³-hybridized carbons (Fsp3) is 0. The Hall–Kier alpha value is -1.17. The SMILES string of the molecule is O=c1cccc(-c2ccc(I)cc2F)[nH]1. The molecule has 0 saturated carbocycles. The second-order valence-electron chi connectivity index (χ2n) is 3.05. The lowest BCUT2D eigenvalue weighted by atomic mass is 10.1. The number of benzene rings is 1. The predicted octanol–water partition coefficient (Wildman–Crippen LogP) is 2.79. The van der Waals surface area contributed by atoms with E-state index in [1.54, 1.807) is 24.3 Å². The molecular formula is C11H7FINO. The number of hydrogen-bond donors (Lipinski definition) is 1. The quantitative estimate of drug-likeness (QED) is 0.807. The number of pyridine rings is 1. The van der Waals surface area contributed by atoms with Crippen LogP contribution in [0.1, 0.15) is 0 Å². The summed E-state index contributed by atoms with van der Waals surface area (Å²) in [6, 6.07) is 9.56. The van der Waals surface area contributed by atoms with E-state index < -0.39 is 0 Å². The van der Waals surface area contributed by atoms with Crippen LogP contribution >= 0.6 is 22.6 Å². The number of rotatable bonds is 1. The summed E-state index contributed by atoms with van der Waals surface area (Å²) in [5.74, 6) is -0.330. The largest absolute Gasteiger partial charge is 0.322 e. The fourth-order valence-corrected chi connectivity index (χ4v) is 1.77. The summed E-state index contributed by atoms with van der Waals surface area (Å²) < 4.78 is 14.4. The summed E-state index contributed by atoms with van der Waals surface area (Å²) in [6.45, 7) is 0. The molecule has 0 aliphatic carbocycles. The van der Waals surface area contributed by atoms with Gasteiger partial charge >= 0.3 is 0 Å². The van der Waals surface area contributed by atoms with Gasteiger partial charge in [-0.05, 0) is 46.9 Å². The lowest BCUT2D eigenvalue weighted by Gasteiger charge is -2.02. The molecule has 2 rings (SSSR count). The molecule has 1 N–H and O–H groups in total. The van der Waals surface area contributed by atoms with Gasteiger partial charge in [-0.2, -0.15) is 0 Å². The molecule has 0 atom stereocenters. The van der Waals surface area contributed by atoms with Crippen LogP contribution in [0.3, 0.4) is 0 Å². The molecule has 0 aliphatic rings. The molecule has 2 nitrogen and oxygen atoms in total. The molecule has 1 aromatic carbocycles. The van der Waals surface area contributed by atoms with E-state index in [1.807, 2.05) is 22.6 Å². The Kier molecular flexibility index (Phi) is 2.86. The van der Waals surface area contributed by atoms with Crippen LogP contribution in [0.15, 0.2) is 41.2 Å². The molecule has 0 unspecified atom stereocenters. The van der Waals surface area contributed by atoms with Crippen LogP contribution in [-0.2, 0) is 0 Å². The van der Waals surface area contributed by atoms with Crippen molar-refractivity contribution in [2.24, 2.45) is 0 Å². The first-order valence-electron chi connectivity index (χ1n) is 4.31. The number of H-pyrrole nitrogens is 1. The van der Waals surface area contributed by atoms with Crippen molar-refractivity contribution in [3.05, 3.63) is 56.1 Å². The highest BCUT2D eigenvalue weighted by atomic mass is 127. The second-order valence-corrected chi connectivity index (χ2v) is 4.30. The Morgan fingerprint density at radius 2 is 2.00 bits per heavy atom. The van der Waals surface area contributed by atoms with E-state index in [1.165, 1.54) is 12.1 Å². The molecule has 0 radical (unpaired) electrons. The van der Waals surface area contributed by atoms with E-state index in [0.717, 1.165) is 3.57 Å². The van der Waals surface area contributed by atoms with Crippen LogP contribution in [0.4, 0.5) is 4.39 Å². The average Bonchev–Trinajstić information content (AvgIpc) is 2.17. The van der Waals surface area contributed by atoms with Gasteiger partial charge in [0.1, 0.15) is 5.82 Å². The van der Waals surface area contributed by atoms with Crippen molar-refractivity contribution < 1.29 is 4.39 Å². The highest BCUT2D eigenvalue weighted by Gasteiger charge is 2.05. The minimum Gasteiger partial charge on any atom is -0.322 e. The van der Waals surface area contributed by atoms with Crippen molar-refractivity contribution in [2.75, 3.05) is 0 Å². The number of nitrogens with one attached hydrogen (secondary N) is 1. The normalized spacial score (nSPS) is 10.3. The summed E-state index contributed by atoms with van der Waals surface area (Å²) >= 11 is 2.04. The van der Waals surface area contributed by atoms with Gasteiger partial charge in [-0.25, -0.2) is 4.39 Å². The fourth-order valence-electron chi connectivity index (χ4n) is 1.31. The van der Waals surface area contributed by atoms with E-state index in [0.29, 0.717) is 11.3 Å². The number of aromatic nitrogens is 1. The van der Waals surface area contributed by atoms with Gasteiger partial charge in [-0.3, -0.25) is 4.79 Å². The first kappa shape index (κ1) is 10.4. The Morgan fingerprint density at radius 1 is 1.20 bits per heavy atom. The molecular weight excluding hydrogens is 308 g/mol. The molecule has 1 aromatic heterocycles. The van der Waals surface area contributed by atoms with Gasteiger partial charge in [0.05, 0.1) is 5.69 Å². The Bertz CT molecular complexity index is 550. The molecule has 0 fully saturated rings. The Labute approximate surface area is 99.3 Å². The summed E-state index contributed by atoms with van der Waals surface area (Å²) in [5, 5.41) is 0. The van der Waals surface area contributed by atoms with Crippen molar-refractivity contribution in [3.63, 3.8) is 0 Å². The third kappa shape index (κ3) is 2.26. The zero-order chi connectivity index (χ0) is 10.8. The van der Waals surface area contributed by atoms with Crippen LogP contribution in [0.2, 0.25) is 0 Å². The zero-order valence-electron chi connectivity index (χ0n) is 7.63. The highest BCUT2D eigenvalue weighted by molar-refractivity contribution is 14.1. The number of hydrogen-bond acceptors (Lipinski definition) is 1. The second kappa shape index (κ2) is 4.14. The smallest absolute Gasteiger partial charge is 0.248 e. The van der Waals surface area contributed by atoms with E-state index in [9.17, 15) is 9.18 Å². The third-order valence-corrected chi connectivity index (χ3v) is 2.66. The molecule has 0 bridgehead atoms. The summed E-state index contributed by atoms with van der Waals surface area (Å²) in [6.07, 6.45) is 0. The summed E-state index contributed by atoms with van der Waals surface area (Å²) in [5.41, 5.74) is 0.676. The van der Waals surface area contributed by atoms with Crippen molar-refractivity contribution in [1.29, 1.82) is 0 Å². The third-order valence-electron chi connectivity index (χ3n) is 1.99. The minimum atomic E-state index is -0.330. The Morgan fingerprint density at radius 3 is 2.67 bits per heavy atom. The van der Waals surface area contributed by atoms with Gasteiger partial charge in [0.2, 0.25) is 5.56 Å². The summed E-state index contributed by atoms with van der Waals surface area (Å²) in [4.78, 5) is 13.6. The first-order valence-corrected chi connectivity index (χ1v) is 5.39. The molecule has 15 heavy (non-hydrogen) atoms. The van der Waals surface area contributed by atoms with Crippen molar-refractivity contribution in [1.82, 2.24) is 4.98 Å². The topological polar surface area (TPSA) is 32.9 Å². The first-order chi connectivity index (χ1) is 7.16. The van der Waals surface area contributed by atoms with Gasteiger partial charge in [0.25, 0.3) is 0 Å². The number of aromatic amines is 1. The van der Waals surface area contributed by atoms with E-state index in [-0.39, 0.29) is 11.4 Å². The monoisotopic (exact) mass is 315 g/mol. The van der Waals surface area contributed by atoms with Crippen LogP contribution in [0.25, 0.3) is 11.3 Å². The predicted molar refractivity (Wildman–Crippen MR) is 65.2 cm³/mol. The lowest BCUT2D eigenvalue weighted by Crippen LogP contribution is -2.04. The molecule has 2 aromatic rings. The minimum absolute atomic E-state index is 0.231. The van der Waals surface area contributed by atoms with Crippen LogP contribution in [-0.4, -0.2) is 4.98 Å². The van der Waals surface area contributed by atoms with E-state index >= 15 is 0 Å². The van der Waals surface area contributed by atoms with E-state index in [2.05, 4.69) is 4.98 Å². The Balaban J connectivity index is 2.59. The van der Waals surface area contributed by atoms with Gasteiger partial charge < -0.3 is 4.98 Å². The van der Waals surface area contributed by atoms with Crippen LogP contribution in [0, 0.1) is 9.39 Å². The molecule has 0 amide bonds. The highest BCUT2D eigenvalue weighted by Crippen LogP contribution is 2.21. The molecule has 4 heteroatoms. The van der Waals surface area contributed by atoms with Gasteiger partial charge in [0, 0.05) is 15.2 Å². The van der Waals surface area contributed by atoms with Crippen molar-refractivity contribution in [3.8, 4) is 11.3 Å². The molecule has 0 saturated heterocycles. The average molecular weight is 315 g/mol. The standard InChI is InChI=1S/C11H7FINO/c12-9-6-7(13)4-5-8(9)10-2-1-3-11(15)14-10/h1-6H,(H,14,15). The number of halogens is 2. The maximum absolute atomic E-state index is 13.5. The molecule has 0 aliphatic heterocycles. The van der Waals surface area contributed by atoms with Crippen molar-refractivity contribution in [2.45, 2.75) is 0 Å². The molecule has 76 valence electrons. The van der Waals surface area contributed by atoms with Crippen LogP contribution < -0.4 is 5.56 Å². The maximum atomic E-state index is 13.5.